The molecule has 0 aromatic carbocycles. The lowest BCUT2D eigenvalue weighted by molar-refractivity contribution is -0.136. The fraction of sp³-hybridized carbons (Fsp3) is 0.850. The Hall–Kier alpha value is -0.990. The molecule has 0 bridgehead atoms. The summed E-state index contributed by atoms with van der Waals surface area (Å²) in [6.45, 7) is 4.49. The molecule has 7 rings (SSSR count). The zero-order valence-corrected chi connectivity index (χ0v) is 15.4. The van der Waals surface area contributed by atoms with E-state index in [9.17, 15) is 15.0 Å². The van der Waals surface area contributed by atoms with Crippen LogP contribution < -0.4 is 0 Å². The van der Waals surface area contributed by atoms with E-state index in [0.717, 1.165) is 24.0 Å². The van der Waals surface area contributed by atoms with Gasteiger partial charge >= 0.3 is 5.97 Å². The third kappa shape index (κ3) is 1.30. The Morgan fingerprint density at radius 3 is 2.85 bits per heavy atom. The summed E-state index contributed by atoms with van der Waals surface area (Å²) < 4.78 is 24.2. The summed E-state index contributed by atoms with van der Waals surface area (Å²) in [5.41, 5.74) is -0.338. The van der Waals surface area contributed by atoms with E-state index in [-0.39, 0.29) is 48.1 Å². The molecule has 0 aromatic heterocycles. The van der Waals surface area contributed by atoms with Crippen LogP contribution in [0.1, 0.15) is 33.1 Å². The molecule has 0 amide bonds. The van der Waals surface area contributed by atoms with E-state index < -0.39 is 22.9 Å². The first kappa shape index (κ1) is 15.9. The van der Waals surface area contributed by atoms with Gasteiger partial charge in [-0.3, -0.25) is 0 Å². The molecule has 4 heterocycles. The van der Waals surface area contributed by atoms with Crippen molar-refractivity contribution in [2.75, 3.05) is 13.2 Å². The summed E-state index contributed by atoms with van der Waals surface area (Å²) in [6, 6.07) is 0. The maximum absolute atomic E-state index is 12.1. The number of aliphatic hydroxyl groups is 2. The van der Waals surface area contributed by atoms with Crippen molar-refractivity contribution in [3.63, 3.8) is 0 Å². The van der Waals surface area contributed by atoms with Gasteiger partial charge in [0.05, 0.1) is 6.10 Å². The van der Waals surface area contributed by atoms with E-state index in [2.05, 4.69) is 6.92 Å². The average Bonchev–Trinajstić information content (AvgIpc) is 3.54. The van der Waals surface area contributed by atoms with Crippen LogP contribution in [0, 0.1) is 17.3 Å². The number of ether oxygens (including phenoxy) is 4. The van der Waals surface area contributed by atoms with Crippen molar-refractivity contribution >= 4 is 5.97 Å². The van der Waals surface area contributed by atoms with E-state index in [4.69, 9.17) is 18.9 Å². The standard InChI is InChI=1S/C20H24O7/c1-8(6-21)18-13(26-18)14-20(27-14)17(2)4-3-9-10(7-24-15(9)22)11(17)5-12-19(20,25-12)16(18)23/h8,11-14,16,21,23H,3-7H2,1-2H3/t8?,11-,12-,13-,14-,16+,17-,18-,19+,20?/m0/s1. The van der Waals surface area contributed by atoms with E-state index in [0.29, 0.717) is 13.0 Å². The summed E-state index contributed by atoms with van der Waals surface area (Å²) in [4.78, 5) is 12.1. The number of carbonyl (C=O) groups excluding carboxylic acids is 1. The molecule has 2 spiro atoms. The van der Waals surface area contributed by atoms with Crippen LogP contribution in [0.2, 0.25) is 0 Å². The molecule has 27 heavy (non-hydrogen) atoms. The average molecular weight is 376 g/mol. The molecular formula is C20H24O7. The van der Waals surface area contributed by atoms with Crippen LogP contribution in [0.25, 0.3) is 0 Å². The first-order chi connectivity index (χ1) is 12.9. The molecule has 2 saturated carbocycles. The Morgan fingerprint density at radius 1 is 1.26 bits per heavy atom. The summed E-state index contributed by atoms with van der Waals surface area (Å²) in [5, 5.41) is 21.2. The zero-order valence-electron chi connectivity index (χ0n) is 15.4. The van der Waals surface area contributed by atoms with Gasteiger partial charge in [-0.2, -0.15) is 0 Å². The van der Waals surface area contributed by atoms with Gasteiger partial charge in [-0.1, -0.05) is 13.8 Å². The fourth-order valence-corrected chi connectivity index (χ4v) is 7.73. The lowest BCUT2D eigenvalue weighted by Crippen LogP contribution is -2.69. The van der Waals surface area contributed by atoms with Crippen molar-refractivity contribution in [1.82, 2.24) is 0 Å². The van der Waals surface area contributed by atoms with Crippen LogP contribution in [0.15, 0.2) is 11.1 Å². The first-order valence-electron chi connectivity index (χ1n) is 10.1. The minimum atomic E-state index is -0.810. The van der Waals surface area contributed by atoms with Crippen LogP contribution in [0.5, 0.6) is 0 Å². The fourth-order valence-electron chi connectivity index (χ4n) is 7.73. The molecule has 3 aliphatic carbocycles. The quantitative estimate of drug-likeness (QED) is 0.519. The summed E-state index contributed by atoms with van der Waals surface area (Å²) in [6.07, 6.45) is 1.06. The van der Waals surface area contributed by atoms with Gasteiger partial charge in [0.2, 0.25) is 0 Å². The lowest BCUT2D eigenvalue weighted by atomic mass is 9.46. The van der Waals surface area contributed by atoms with Crippen molar-refractivity contribution in [2.45, 2.75) is 74.3 Å². The minimum absolute atomic E-state index is 0.0381. The smallest absolute Gasteiger partial charge is 0.334 e. The minimum Gasteiger partial charge on any atom is -0.458 e. The van der Waals surface area contributed by atoms with Crippen LogP contribution in [-0.4, -0.2) is 70.6 Å². The van der Waals surface area contributed by atoms with Crippen molar-refractivity contribution in [1.29, 1.82) is 0 Å². The molecule has 7 nitrogen and oxygen atoms in total. The predicted octanol–water partition coefficient (Wildman–Crippen LogP) is 0.0755. The molecule has 5 fully saturated rings. The Balaban J connectivity index is 1.36. The van der Waals surface area contributed by atoms with Crippen LogP contribution in [-0.2, 0) is 23.7 Å². The molecule has 146 valence electrons. The van der Waals surface area contributed by atoms with E-state index in [1.165, 1.54) is 0 Å². The molecule has 4 aliphatic heterocycles. The van der Waals surface area contributed by atoms with Gasteiger partial charge in [0.25, 0.3) is 0 Å². The Kier molecular flexibility index (Phi) is 2.43. The number of carbonyl (C=O) groups is 1. The lowest BCUT2D eigenvalue weighted by Gasteiger charge is -2.53. The highest BCUT2D eigenvalue weighted by atomic mass is 16.7. The van der Waals surface area contributed by atoms with Gasteiger partial charge in [-0.05, 0) is 30.8 Å². The van der Waals surface area contributed by atoms with E-state index in [1.807, 2.05) is 6.92 Å². The number of rotatable bonds is 2. The van der Waals surface area contributed by atoms with Crippen LogP contribution in [0.3, 0.4) is 0 Å². The van der Waals surface area contributed by atoms with Crippen LogP contribution in [0.4, 0.5) is 0 Å². The molecule has 0 radical (unpaired) electrons. The molecule has 0 aromatic rings. The van der Waals surface area contributed by atoms with E-state index >= 15 is 0 Å². The molecular weight excluding hydrogens is 352 g/mol. The van der Waals surface area contributed by atoms with Gasteiger partial charge in [-0.15, -0.1) is 0 Å². The van der Waals surface area contributed by atoms with Gasteiger partial charge in [-0.25, -0.2) is 4.79 Å². The second-order valence-electron chi connectivity index (χ2n) is 9.84. The normalized spacial score (nSPS) is 62.2. The summed E-state index contributed by atoms with van der Waals surface area (Å²) >= 11 is 0. The number of cyclic esters (lactones) is 1. The molecule has 3 saturated heterocycles. The van der Waals surface area contributed by atoms with Crippen LogP contribution >= 0.6 is 0 Å². The Bertz CT molecular complexity index is 838. The SMILES string of the molecule is CC(CO)[C@]12O[C@H]1[C@@H]1OC13[C@]1(O[C@H]1C[C@H]1C4=C(CC[C@@]13C)C(=O)OC4)[C@@H]2O. The maximum atomic E-state index is 12.1. The third-order valence-electron chi connectivity index (χ3n) is 9.24. The Labute approximate surface area is 156 Å². The number of fused-ring (bicyclic) bond motifs is 4. The molecule has 2 N–H and O–H groups in total. The second-order valence-corrected chi connectivity index (χ2v) is 9.84. The van der Waals surface area contributed by atoms with Gasteiger partial charge in [0, 0.05) is 23.5 Å². The summed E-state index contributed by atoms with van der Waals surface area (Å²) in [5.74, 6) is -0.172. The monoisotopic (exact) mass is 376 g/mol. The maximum Gasteiger partial charge on any atom is 0.334 e. The van der Waals surface area contributed by atoms with Crippen molar-refractivity contribution in [3.8, 4) is 0 Å². The molecule has 7 aliphatic rings. The number of esters is 1. The van der Waals surface area contributed by atoms with Gasteiger partial charge in [0.15, 0.2) is 5.60 Å². The topological polar surface area (TPSA) is 104 Å². The number of hydrogen-bond acceptors (Lipinski definition) is 7. The molecule has 2 unspecified atom stereocenters. The molecule has 10 atom stereocenters. The highest BCUT2D eigenvalue weighted by Gasteiger charge is 3.00. The Morgan fingerprint density at radius 2 is 2.07 bits per heavy atom. The third-order valence-corrected chi connectivity index (χ3v) is 9.24. The van der Waals surface area contributed by atoms with E-state index in [1.54, 1.807) is 0 Å². The van der Waals surface area contributed by atoms with Gasteiger partial charge in [0.1, 0.15) is 36.1 Å². The molecule has 7 heteroatoms. The van der Waals surface area contributed by atoms with Crippen molar-refractivity contribution in [2.24, 2.45) is 17.3 Å². The predicted molar refractivity (Wildman–Crippen MR) is 88.5 cm³/mol. The first-order valence-corrected chi connectivity index (χ1v) is 10.1. The van der Waals surface area contributed by atoms with Gasteiger partial charge < -0.3 is 29.2 Å². The summed E-state index contributed by atoms with van der Waals surface area (Å²) in [7, 11) is 0. The second kappa shape index (κ2) is 4.14. The highest BCUT2D eigenvalue weighted by Crippen LogP contribution is 2.82. The highest BCUT2D eigenvalue weighted by molar-refractivity contribution is 5.92. The van der Waals surface area contributed by atoms with Crippen molar-refractivity contribution < 1.29 is 34.0 Å². The zero-order chi connectivity index (χ0) is 18.6. The number of hydrogen-bond donors (Lipinski definition) is 2. The van der Waals surface area contributed by atoms with Crippen molar-refractivity contribution in [3.05, 3.63) is 11.1 Å². The largest absolute Gasteiger partial charge is 0.458 e. The number of epoxide rings is 3. The number of aliphatic hydroxyl groups excluding tert-OH is 2.